The summed E-state index contributed by atoms with van der Waals surface area (Å²) in [6.45, 7) is 9.58. The van der Waals surface area contributed by atoms with Crippen molar-refractivity contribution in [3.63, 3.8) is 0 Å². The van der Waals surface area contributed by atoms with Crippen molar-refractivity contribution in [2.75, 3.05) is 6.54 Å². The minimum absolute atomic E-state index is 0.0481. The van der Waals surface area contributed by atoms with E-state index in [1.807, 2.05) is 12.1 Å². The van der Waals surface area contributed by atoms with Gasteiger partial charge in [-0.2, -0.15) is 0 Å². The Morgan fingerprint density at radius 3 is 2.33 bits per heavy atom. The van der Waals surface area contributed by atoms with E-state index in [-0.39, 0.29) is 17.9 Å². The van der Waals surface area contributed by atoms with Crippen molar-refractivity contribution in [2.24, 2.45) is 5.73 Å². The lowest BCUT2D eigenvalue weighted by Gasteiger charge is -2.38. The molecule has 0 bridgehead atoms. The predicted octanol–water partition coefficient (Wildman–Crippen LogP) is 4.50. The first-order valence-electron chi connectivity index (χ1n) is 8.28. The molecular weight excluding hydrogens is 263 g/mol. The SMILES string of the molecule is CCCCCN(C(C)C)C(c1ccccc1F)C(N)CC. The van der Waals surface area contributed by atoms with Crippen LogP contribution in [0.15, 0.2) is 24.3 Å². The largest absolute Gasteiger partial charge is 0.326 e. The van der Waals surface area contributed by atoms with Crippen molar-refractivity contribution in [1.29, 1.82) is 0 Å². The van der Waals surface area contributed by atoms with Gasteiger partial charge in [0.05, 0.1) is 6.04 Å². The Morgan fingerprint density at radius 1 is 1.14 bits per heavy atom. The Bertz CT molecular complexity index is 406. The van der Waals surface area contributed by atoms with Gasteiger partial charge in [0.2, 0.25) is 0 Å². The van der Waals surface area contributed by atoms with Crippen molar-refractivity contribution < 1.29 is 4.39 Å². The summed E-state index contributed by atoms with van der Waals surface area (Å²) in [6, 6.07) is 7.31. The first-order chi connectivity index (χ1) is 10.0. The highest BCUT2D eigenvalue weighted by Gasteiger charge is 2.29. The molecule has 0 amide bonds. The van der Waals surface area contributed by atoms with Gasteiger partial charge in [-0.1, -0.05) is 44.9 Å². The Morgan fingerprint density at radius 2 is 1.81 bits per heavy atom. The van der Waals surface area contributed by atoms with Gasteiger partial charge in [-0.15, -0.1) is 0 Å². The molecule has 0 aliphatic carbocycles. The summed E-state index contributed by atoms with van der Waals surface area (Å²) in [5.74, 6) is -0.146. The number of nitrogens with two attached hydrogens (primary N) is 1. The smallest absolute Gasteiger partial charge is 0.128 e. The number of nitrogens with zero attached hydrogens (tertiary/aromatic N) is 1. The molecule has 1 rings (SSSR count). The molecule has 0 fully saturated rings. The van der Waals surface area contributed by atoms with Crippen molar-refractivity contribution in [2.45, 2.75) is 71.5 Å². The van der Waals surface area contributed by atoms with Crippen LogP contribution in [0.2, 0.25) is 0 Å². The van der Waals surface area contributed by atoms with E-state index in [0.29, 0.717) is 6.04 Å². The minimum Gasteiger partial charge on any atom is -0.326 e. The van der Waals surface area contributed by atoms with Crippen LogP contribution in [0.25, 0.3) is 0 Å². The molecule has 0 heterocycles. The highest BCUT2D eigenvalue weighted by molar-refractivity contribution is 5.23. The van der Waals surface area contributed by atoms with Crippen molar-refractivity contribution >= 4 is 0 Å². The maximum Gasteiger partial charge on any atom is 0.128 e. The van der Waals surface area contributed by atoms with Gasteiger partial charge in [0.1, 0.15) is 5.82 Å². The summed E-state index contributed by atoms with van der Waals surface area (Å²) in [5, 5.41) is 0. The molecule has 0 aliphatic rings. The third kappa shape index (κ3) is 5.08. The Hall–Kier alpha value is -0.930. The Balaban J connectivity index is 3.06. The average Bonchev–Trinajstić information content (AvgIpc) is 2.47. The normalized spacial score (nSPS) is 14.7. The molecule has 1 aromatic carbocycles. The molecule has 0 radical (unpaired) electrons. The van der Waals surface area contributed by atoms with Crippen LogP contribution in [0.1, 0.15) is 65.0 Å². The van der Waals surface area contributed by atoms with Crippen LogP contribution in [0.5, 0.6) is 0 Å². The molecular formula is C18H31FN2. The van der Waals surface area contributed by atoms with E-state index < -0.39 is 0 Å². The van der Waals surface area contributed by atoms with E-state index in [4.69, 9.17) is 5.73 Å². The van der Waals surface area contributed by atoms with Gasteiger partial charge < -0.3 is 5.73 Å². The van der Waals surface area contributed by atoms with Crippen LogP contribution >= 0.6 is 0 Å². The second kappa shape index (κ2) is 9.16. The van der Waals surface area contributed by atoms with Crippen molar-refractivity contribution in [3.05, 3.63) is 35.6 Å². The second-order valence-corrected chi connectivity index (χ2v) is 6.08. The highest BCUT2D eigenvalue weighted by Crippen LogP contribution is 2.29. The maximum absolute atomic E-state index is 14.3. The summed E-state index contributed by atoms with van der Waals surface area (Å²) in [7, 11) is 0. The average molecular weight is 294 g/mol. The van der Waals surface area contributed by atoms with Crippen LogP contribution in [0.3, 0.4) is 0 Å². The van der Waals surface area contributed by atoms with Crippen LogP contribution < -0.4 is 5.73 Å². The fourth-order valence-corrected chi connectivity index (χ4v) is 2.86. The lowest BCUT2D eigenvalue weighted by Crippen LogP contribution is -2.45. The third-order valence-electron chi connectivity index (χ3n) is 4.14. The fourth-order valence-electron chi connectivity index (χ4n) is 2.86. The lowest BCUT2D eigenvalue weighted by molar-refractivity contribution is 0.124. The molecule has 0 aromatic heterocycles. The number of hydrogen-bond acceptors (Lipinski definition) is 2. The standard InChI is InChI=1S/C18H31FN2/c1-5-7-10-13-21(14(3)4)18(17(20)6-2)15-11-8-9-12-16(15)19/h8-9,11-12,14,17-18H,5-7,10,13,20H2,1-4H3. The van der Waals surface area contributed by atoms with Gasteiger partial charge in [-0.3, -0.25) is 4.90 Å². The predicted molar refractivity (Wildman–Crippen MR) is 88.8 cm³/mol. The first kappa shape index (κ1) is 18.1. The molecule has 3 heteroatoms. The van der Waals surface area contributed by atoms with Crippen LogP contribution in [-0.2, 0) is 0 Å². The van der Waals surface area contributed by atoms with Gasteiger partial charge in [-0.05, 0) is 39.3 Å². The monoisotopic (exact) mass is 294 g/mol. The number of unbranched alkanes of at least 4 members (excludes halogenated alkanes) is 2. The van der Waals surface area contributed by atoms with Gasteiger partial charge in [-0.25, -0.2) is 4.39 Å². The van der Waals surface area contributed by atoms with Crippen LogP contribution in [0.4, 0.5) is 4.39 Å². The molecule has 21 heavy (non-hydrogen) atoms. The zero-order chi connectivity index (χ0) is 15.8. The van der Waals surface area contributed by atoms with Gasteiger partial charge >= 0.3 is 0 Å². The molecule has 0 saturated carbocycles. The fraction of sp³-hybridized carbons (Fsp3) is 0.667. The number of benzene rings is 1. The first-order valence-corrected chi connectivity index (χ1v) is 8.28. The number of halogens is 1. The quantitative estimate of drug-likeness (QED) is 0.679. The van der Waals surface area contributed by atoms with Crippen LogP contribution in [0, 0.1) is 5.82 Å². The van der Waals surface area contributed by atoms with Gasteiger partial charge in [0.15, 0.2) is 0 Å². The molecule has 1 aromatic rings. The number of hydrogen-bond donors (Lipinski definition) is 1. The van der Waals surface area contributed by atoms with E-state index in [1.54, 1.807) is 6.07 Å². The minimum atomic E-state index is -0.146. The summed E-state index contributed by atoms with van der Waals surface area (Å²) in [4.78, 5) is 2.36. The maximum atomic E-state index is 14.3. The van der Waals surface area contributed by atoms with Gasteiger partial charge in [0.25, 0.3) is 0 Å². The molecule has 2 unspecified atom stereocenters. The zero-order valence-corrected chi connectivity index (χ0v) is 14.0. The Labute approximate surface area is 129 Å². The summed E-state index contributed by atoms with van der Waals surface area (Å²) >= 11 is 0. The number of rotatable bonds is 9. The molecule has 0 spiro atoms. The summed E-state index contributed by atoms with van der Waals surface area (Å²) in [6.07, 6.45) is 4.37. The van der Waals surface area contributed by atoms with Crippen molar-refractivity contribution in [3.8, 4) is 0 Å². The molecule has 120 valence electrons. The Kier molecular flexibility index (Phi) is 7.91. The summed E-state index contributed by atoms with van der Waals surface area (Å²) < 4.78 is 14.3. The van der Waals surface area contributed by atoms with E-state index >= 15 is 0 Å². The summed E-state index contributed by atoms with van der Waals surface area (Å²) in [5.41, 5.74) is 7.09. The van der Waals surface area contributed by atoms with E-state index in [0.717, 1.165) is 24.9 Å². The van der Waals surface area contributed by atoms with E-state index in [9.17, 15) is 4.39 Å². The third-order valence-corrected chi connectivity index (χ3v) is 4.14. The molecule has 0 aliphatic heterocycles. The molecule has 2 N–H and O–H groups in total. The van der Waals surface area contributed by atoms with Crippen molar-refractivity contribution in [1.82, 2.24) is 4.90 Å². The van der Waals surface area contributed by atoms with Crippen LogP contribution in [-0.4, -0.2) is 23.5 Å². The highest BCUT2D eigenvalue weighted by atomic mass is 19.1. The van der Waals surface area contributed by atoms with Gasteiger partial charge in [0, 0.05) is 17.6 Å². The lowest BCUT2D eigenvalue weighted by atomic mass is 9.94. The topological polar surface area (TPSA) is 29.3 Å². The second-order valence-electron chi connectivity index (χ2n) is 6.08. The van der Waals surface area contributed by atoms with E-state index in [2.05, 4.69) is 32.6 Å². The van der Waals surface area contributed by atoms with E-state index in [1.165, 1.54) is 18.9 Å². The molecule has 0 saturated heterocycles. The zero-order valence-electron chi connectivity index (χ0n) is 14.0. The molecule has 2 atom stereocenters. The molecule has 2 nitrogen and oxygen atoms in total.